The summed E-state index contributed by atoms with van der Waals surface area (Å²) in [5.41, 5.74) is 7.77. The van der Waals surface area contributed by atoms with Crippen LogP contribution in [0, 0.1) is 0 Å². The number of hydrogen-bond donors (Lipinski definition) is 1. The average Bonchev–Trinajstić information content (AvgIpc) is 2.65. The van der Waals surface area contributed by atoms with Gasteiger partial charge in [0.1, 0.15) is 9.84 Å². The Morgan fingerprint density at radius 3 is 2.74 bits per heavy atom. The molecule has 0 aliphatic heterocycles. The second-order valence-electron chi connectivity index (χ2n) is 4.70. The minimum Gasteiger partial charge on any atom is -0.347 e. The second kappa shape index (κ2) is 5.53. The molecule has 19 heavy (non-hydrogen) atoms. The lowest BCUT2D eigenvalue weighted by Crippen LogP contribution is -2.07. The normalized spacial score (nSPS) is 12.2. The molecule has 2 N–H and O–H groups in total. The maximum Gasteiger partial charge on any atom is 0.147 e. The molecule has 4 nitrogen and oxygen atoms in total. The Labute approximate surface area is 118 Å². The summed E-state index contributed by atoms with van der Waals surface area (Å²) in [5.74, 6) is 0.186. The van der Waals surface area contributed by atoms with Crippen LogP contribution in [0.25, 0.3) is 10.9 Å². The number of nitrogens with two attached hydrogens (primary N) is 1. The number of rotatable bonds is 5. The maximum atomic E-state index is 11.2. The Balaban J connectivity index is 2.29. The first kappa shape index (κ1) is 14.4. The summed E-state index contributed by atoms with van der Waals surface area (Å²) < 4.78 is 24.3. The van der Waals surface area contributed by atoms with E-state index in [0.29, 0.717) is 24.5 Å². The number of nitrogens with zero attached hydrogens (tertiary/aromatic N) is 1. The molecule has 0 aliphatic rings. The van der Waals surface area contributed by atoms with Gasteiger partial charge in [-0.2, -0.15) is 0 Å². The Morgan fingerprint density at radius 1 is 1.37 bits per heavy atom. The lowest BCUT2D eigenvalue weighted by Gasteiger charge is -2.05. The van der Waals surface area contributed by atoms with Crippen LogP contribution in [-0.4, -0.2) is 25.0 Å². The van der Waals surface area contributed by atoms with Gasteiger partial charge < -0.3 is 10.3 Å². The quantitative estimate of drug-likeness (QED) is 0.920. The summed E-state index contributed by atoms with van der Waals surface area (Å²) in [6, 6.07) is 5.67. The molecule has 0 amide bonds. The van der Waals surface area contributed by atoms with Gasteiger partial charge in [0.15, 0.2) is 0 Å². The fourth-order valence-electron chi connectivity index (χ4n) is 2.19. The molecule has 0 fully saturated rings. The Hall–Kier alpha value is -1.04. The van der Waals surface area contributed by atoms with Crippen molar-refractivity contribution in [1.82, 2.24) is 4.57 Å². The van der Waals surface area contributed by atoms with E-state index in [0.717, 1.165) is 16.5 Å². The average molecular weight is 301 g/mol. The number of fused-ring (bicyclic) bond motifs is 1. The van der Waals surface area contributed by atoms with Gasteiger partial charge in [-0.05, 0) is 24.1 Å². The highest BCUT2D eigenvalue weighted by Gasteiger charge is 2.09. The number of benzene rings is 1. The molecule has 1 aromatic heterocycles. The van der Waals surface area contributed by atoms with E-state index < -0.39 is 9.84 Å². The maximum absolute atomic E-state index is 11.2. The van der Waals surface area contributed by atoms with Gasteiger partial charge in [0.2, 0.25) is 0 Å². The summed E-state index contributed by atoms with van der Waals surface area (Å²) in [5, 5.41) is 1.74. The molecule has 2 rings (SSSR count). The first-order valence-electron chi connectivity index (χ1n) is 6.06. The van der Waals surface area contributed by atoms with Crippen LogP contribution in [0.1, 0.15) is 12.0 Å². The summed E-state index contributed by atoms with van der Waals surface area (Å²) in [6.45, 7) is 1.10. The van der Waals surface area contributed by atoms with Crippen molar-refractivity contribution in [2.24, 2.45) is 5.73 Å². The molecule has 0 saturated carbocycles. The van der Waals surface area contributed by atoms with Crippen molar-refractivity contribution in [3.8, 4) is 0 Å². The predicted molar refractivity (Wildman–Crippen MR) is 79.2 cm³/mol. The van der Waals surface area contributed by atoms with E-state index in [1.807, 2.05) is 29.0 Å². The molecule has 1 aromatic carbocycles. The molecule has 6 heteroatoms. The van der Waals surface area contributed by atoms with Crippen LogP contribution in [0.3, 0.4) is 0 Å². The first-order chi connectivity index (χ1) is 8.90. The highest BCUT2D eigenvalue weighted by molar-refractivity contribution is 7.90. The molecule has 0 atom stereocenters. The first-order valence-corrected chi connectivity index (χ1v) is 8.49. The van der Waals surface area contributed by atoms with E-state index in [2.05, 4.69) is 0 Å². The van der Waals surface area contributed by atoms with Gasteiger partial charge in [0, 0.05) is 41.5 Å². The zero-order valence-electron chi connectivity index (χ0n) is 10.8. The van der Waals surface area contributed by atoms with Crippen LogP contribution in [0.5, 0.6) is 0 Å². The monoisotopic (exact) mass is 300 g/mol. The minimum absolute atomic E-state index is 0.186. The molecule has 0 aliphatic carbocycles. The van der Waals surface area contributed by atoms with Crippen molar-refractivity contribution in [3.05, 3.63) is 35.0 Å². The van der Waals surface area contributed by atoms with Crippen molar-refractivity contribution in [2.45, 2.75) is 19.5 Å². The molecule has 0 saturated heterocycles. The third-order valence-corrected chi connectivity index (χ3v) is 4.33. The van der Waals surface area contributed by atoms with Gasteiger partial charge in [0.05, 0.1) is 5.75 Å². The van der Waals surface area contributed by atoms with E-state index in [9.17, 15) is 8.42 Å². The molecule has 0 radical (unpaired) electrons. The lowest BCUT2D eigenvalue weighted by atomic mass is 10.2. The molecule has 0 spiro atoms. The Bertz CT molecular complexity index is 692. The fourth-order valence-corrected chi connectivity index (χ4v) is 3.01. The van der Waals surface area contributed by atoms with Gasteiger partial charge in [-0.3, -0.25) is 0 Å². The number of halogens is 1. The van der Waals surface area contributed by atoms with E-state index >= 15 is 0 Å². The minimum atomic E-state index is -2.92. The lowest BCUT2D eigenvalue weighted by molar-refractivity contribution is 0.593. The second-order valence-corrected chi connectivity index (χ2v) is 7.39. The largest absolute Gasteiger partial charge is 0.347 e. The van der Waals surface area contributed by atoms with Crippen LogP contribution in [0.15, 0.2) is 24.4 Å². The van der Waals surface area contributed by atoms with E-state index in [4.69, 9.17) is 17.3 Å². The molecule has 0 bridgehead atoms. The highest BCUT2D eigenvalue weighted by atomic mass is 35.5. The fraction of sp³-hybridized carbons (Fsp3) is 0.385. The van der Waals surface area contributed by atoms with Crippen LogP contribution in [0.4, 0.5) is 0 Å². The number of aromatic nitrogens is 1. The highest BCUT2D eigenvalue weighted by Crippen LogP contribution is 2.24. The molecular weight excluding hydrogens is 284 g/mol. The zero-order chi connectivity index (χ0) is 14.0. The summed E-state index contributed by atoms with van der Waals surface area (Å²) in [7, 11) is -2.92. The van der Waals surface area contributed by atoms with Crippen molar-refractivity contribution in [1.29, 1.82) is 0 Å². The van der Waals surface area contributed by atoms with E-state index in [-0.39, 0.29) is 5.75 Å². The predicted octanol–water partition coefficient (Wildman–Crippen LogP) is 2.19. The van der Waals surface area contributed by atoms with Crippen LogP contribution in [-0.2, 0) is 22.9 Å². The Morgan fingerprint density at radius 2 is 2.11 bits per heavy atom. The smallest absolute Gasteiger partial charge is 0.147 e. The number of sulfone groups is 1. The van der Waals surface area contributed by atoms with Gasteiger partial charge in [-0.25, -0.2) is 8.42 Å². The van der Waals surface area contributed by atoms with Gasteiger partial charge in [-0.1, -0.05) is 17.7 Å². The van der Waals surface area contributed by atoms with Crippen LogP contribution in [0.2, 0.25) is 5.02 Å². The van der Waals surface area contributed by atoms with E-state index in [1.54, 1.807) is 0 Å². The van der Waals surface area contributed by atoms with E-state index in [1.165, 1.54) is 6.26 Å². The number of hydrogen-bond acceptors (Lipinski definition) is 3. The van der Waals surface area contributed by atoms with Gasteiger partial charge in [0.25, 0.3) is 0 Å². The Kier molecular flexibility index (Phi) is 4.18. The third kappa shape index (κ3) is 3.49. The molecular formula is C13H17ClN2O2S. The summed E-state index contributed by atoms with van der Waals surface area (Å²) in [4.78, 5) is 0. The zero-order valence-corrected chi connectivity index (χ0v) is 12.3. The SMILES string of the molecule is CS(=O)(=O)CCCn1cc(CN)c2ccc(Cl)cc21. The van der Waals surface area contributed by atoms with Crippen molar-refractivity contribution < 1.29 is 8.42 Å². The molecule has 1 heterocycles. The van der Waals surface area contributed by atoms with Gasteiger partial charge >= 0.3 is 0 Å². The standard InChI is InChI=1S/C13H17ClN2O2S/c1-19(17,18)6-2-5-16-9-10(8-15)12-4-3-11(14)7-13(12)16/h3-4,7,9H,2,5-6,8,15H2,1H3. The van der Waals surface area contributed by atoms with Crippen LogP contribution < -0.4 is 5.73 Å². The van der Waals surface area contributed by atoms with Crippen molar-refractivity contribution >= 4 is 32.3 Å². The van der Waals surface area contributed by atoms with Crippen molar-refractivity contribution in [3.63, 3.8) is 0 Å². The van der Waals surface area contributed by atoms with Crippen molar-refractivity contribution in [2.75, 3.05) is 12.0 Å². The molecule has 0 unspecified atom stereocenters. The van der Waals surface area contributed by atoms with Gasteiger partial charge in [-0.15, -0.1) is 0 Å². The number of aryl methyl sites for hydroxylation is 1. The summed E-state index contributed by atoms with van der Waals surface area (Å²) in [6.07, 6.45) is 3.81. The summed E-state index contributed by atoms with van der Waals surface area (Å²) >= 11 is 6.01. The third-order valence-electron chi connectivity index (χ3n) is 3.06. The molecule has 104 valence electrons. The molecule has 2 aromatic rings. The topological polar surface area (TPSA) is 65.1 Å². The van der Waals surface area contributed by atoms with Crippen LogP contribution >= 0.6 is 11.6 Å².